The van der Waals surface area contributed by atoms with Crippen molar-refractivity contribution in [2.24, 2.45) is 11.1 Å². The summed E-state index contributed by atoms with van der Waals surface area (Å²) in [6.45, 7) is 4.03. The van der Waals surface area contributed by atoms with Gasteiger partial charge in [-0.15, -0.1) is 0 Å². The van der Waals surface area contributed by atoms with Gasteiger partial charge in [0.25, 0.3) is 0 Å². The Morgan fingerprint density at radius 1 is 1.35 bits per heavy atom. The molecule has 0 saturated carbocycles. The highest BCUT2D eigenvalue weighted by atomic mass is 79.9. The van der Waals surface area contributed by atoms with Crippen molar-refractivity contribution in [2.45, 2.75) is 31.2 Å². The SMILES string of the molecule is CC1(C)CCN(S(=O)(=O)c2ccc(Br)cc2)[C@H]1C(N)=O. The van der Waals surface area contributed by atoms with E-state index in [9.17, 15) is 13.2 Å². The Labute approximate surface area is 127 Å². The molecule has 0 radical (unpaired) electrons. The summed E-state index contributed by atoms with van der Waals surface area (Å²) in [6.07, 6.45) is 0.608. The maximum absolute atomic E-state index is 12.7. The van der Waals surface area contributed by atoms with Gasteiger partial charge in [0.1, 0.15) is 6.04 Å². The predicted octanol–water partition coefficient (Wildman–Crippen LogP) is 1.72. The molecule has 1 aromatic carbocycles. The zero-order chi connectivity index (χ0) is 15.1. The van der Waals surface area contributed by atoms with Crippen LogP contribution in [0.3, 0.4) is 0 Å². The summed E-state index contributed by atoms with van der Waals surface area (Å²) in [4.78, 5) is 11.8. The second-order valence-electron chi connectivity index (χ2n) is 5.61. The molecule has 1 saturated heterocycles. The van der Waals surface area contributed by atoms with Gasteiger partial charge in [0.2, 0.25) is 15.9 Å². The number of sulfonamides is 1. The molecule has 110 valence electrons. The fourth-order valence-electron chi connectivity index (χ4n) is 2.58. The van der Waals surface area contributed by atoms with E-state index in [0.717, 1.165) is 4.47 Å². The van der Waals surface area contributed by atoms with Crippen molar-refractivity contribution in [3.63, 3.8) is 0 Å². The molecular formula is C13H17BrN2O3S. The fraction of sp³-hybridized carbons (Fsp3) is 0.462. The van der Waals surface area contributed by atoms with E-state index in [2.05, 4.69) is 15.9 Å². The summed E-state index contributed by atoms with van der Waals surface area (Å²) in [6, 6.07) is 5.54. The van der Waals surface area contributed by atoms with Crippen LogP contribution in [0.4, 0.5) is 0 Å². The van der Waals surface area contributed by atoms with Gasteiger partial charge in [-0.25, -0.2) is 8.42 Å². The van der Waals surface area contributed by atoms with Crippen LogP contribution in [0.15, 0.2) is 33.6 Å². The summed E-state index contributed by atoms with van der Waals surface area (Å²) in [5.74, 6) is -0.604. The van der Waals surface area contributed by atoms with E-state index >= 15 is 0 Å². The minimum absolute atomic E-state index is 0.171. The Kier molecular flexibility index (Phi) is 3.96. The molecule has 2 N–H and O–H groups in total. The Hall–Kier alpha value is -0.920. The lowest BCUT2D eigenvalue weighted by Gasteiger charge is -2.29. The molecule has 1 atom stereocenters. The molecule has 20 heavy (non-hydrogen) atoms. The number of primary amides is 1. The largest absolute Gasteiger partial charge is 0.368 e. The van der Waals surface area contributed by atoms with Gasteiger partial charge in [0.05, 0.1) is 4.90 Å². The van der Waals surface area contributed by atoms with Crippen molar-refractivity contribution in [1.29, 1.82) is 0 Å². The molecule has 7 heteroatoms. The molecule has 0 spiro atoms. The standard InChI is InChI=1S/C13H17BrN2O3S/c1-13(2)7-8-16(11(13)12(15)17)20(18,19)10-5-3-9(14)4-6-10/h3-6,11H,7-8H2,1-2H3,(H2,15,17)/t11-/m0/s1. The van der Waals surface area contributed by atoms with Crippen molar-refractivity contribution in [3.8, 4) is 0 Å². The van der Waals surface area contributed by atoms with Crippen LogP contribution >= 0.6 is 15.9 Å². The highest BCUT2D eigenvalue weighted by Crippen LogP contribution is 2.39. The maximum atomic E-state index is 12.7. The van der Waals surface area contributed by atoms with E-state index < -0.39 is 27.4 Å². The molecule has 0 unspecified atom stereocenters. The van der Waals surface area contributed by atoms with Crippen LogP contribution in [0.2, 0.25) is 0 Å². The van der Waals surface area contributed by atoms with Gasteiger partial charge in [0, 0.05) is 11.0 Å². The zero-order valence-electron chi connectivity index (χ0n) is 11.3. The van der Waals surface area contributed by atoms with Crippen LogP contribution in [0.25, 0.3) is 0 Å². The number of nitrogens with two attached hydrogens (primary N) is 1. The Morgan fingerprint density at radius 3 is 2.40 bits per heavy atom. The van der Waals surface area contributed by atoms with Gasteiger partial charge in [-0.1, -0.05) is 29.8 Å². The number of hydrogen-bond donors (Lipinski definition) is 1. The molecule has 0 aliphatic carbocycles. The van der Waals surface area contributed by atoms with E-state index in [1.165, 1.54) is 16.4 Å². The number of hydrogen-bond acceptors (Lipinski definition) is 3. The third kappa shape index (κ3) is 2.62. The van der Waals surface area contributed by atoms with E-state index in [1.807, 2.05) is 13.8 Å². The quantitative estimate of drug-likeness (QED) is 0.890. The number of carbonyl (C=O) groups excluding carboxylic acids is 1. The van der Waals surface area contributed by atoms with Crippen LogP contribution < -0.4 is 5.73 Å². The third-order valence-corrected chi connectivity index (χ3v) is 6.10. The summed E-state index contributed by atoms with van der Waals surface area (Å²) < 4.78 is 27.3. The summed E-state index contributed by atoms with van der Waals surface area (Å²) >= 11 is 3.27. The normalized spacial score (nSPS) is 22.9. The molecule has 0 bridgehead atoms. The Bertz CT molecular complexity index is 626. The Balaban J connectivity index is 2.44. The molecule has 1 heterocycles. The second-order valence-corrected chi connectivity index (χ2v) is 8.42. The summed E-state index contributed by atoms with van der Waals surface area (Å²) in [7, 11) is -3.71. The first-order valence-corrected chi connectivity index (χ1v) is 8.46. The maximum Gasteiger partial charge on any atom is 0.243 e. The molecule has 1 aromatic rings. The molecule has 5 nitrogen and oxygen atoms in total. The predicted molar refractivity (Wildman–Crippen MR) is 79.4 cm³/mol. The molecular weight excluding hydrogens is 344 g/mol. The Morgan fingerprint density at radius 2 is 1.90 bits per heavy atom. The first-order valence-electron chi connectivity index (χ1n) is 6.23. The van der Waals surface area contributed by atoms with Gasteiger partial charge in [-0.05, 0) is 36.1 Å². The van der Waals surface area contributed by atoms with Crippen molar-refractivity contribution < 1.29 is 13.2 Å². The van der Waals surface area contributed by atoms with Gasteiger partial charge in [-0.2, -0.15) is 4.31 Å². The van der Waals surface area contributed by atoms with Crippen molar-refractivity contribution >= 4 is 31.9 Å². The molecule has 0 aromatic heterocycles. The molecule has 2 rings (SSSR count). The van der Waals surface area contributed by atoms with Crippen molar-refractivity contribution in [1.82, 2.24) is 4.31 Å². The minimum atomic E-state index is -3.71. The van der Waals surface area contributed by atoms with Gasteiger partial charge in [-0.3, -0.25) is 4.79 Å². The number of rotatable bonds is 3. The number of amides is 1. The lowest BCUT2D eigenvalue weighted by molar-refractivity contribution is -0.123. The van der Waals surface area contributed by atoms with Gasteiger partial charge < -0.3 is 5.73 Å². The first kappa shape index (κ1) is 15.5. The number of halogens is 1. The van der Waals surface area contributed by atoms with Gasteiger partial charge in [0.15, 0.2) is 0 Å². The second kappa shape index (κ2) is 5.13. The first-order chi connectivity index (χ1) is 9.16. The average molecular weight is 361 g/mol. The third-order valence-electron chi connectivity index (χ3n) is 3.69. The fourth-order valence-corrected chi connectivity index (χ4v) is 4.60. The topological polar surface area (TPSA) is 80.5 Å². The zero-order valence-corrected chi connectivity index (χ0v) is 13.7. The van der Waals surface area contributed by atoms with E-state index in [4.69, 9.17) is 5.73 Å². The van der Waals surface area contributed by atoms with Crippen LogP contribution in [-0.2, 0) is 14.8 Å². The van der Waals surface area contributed by atoms with Crippen LogP contribution in [0.5, 0.6) is 0 Å². The van der Waals surface area contributed by atoms with Crippen LogP contribution in [0.1, 0.15) is 20.3 Å². The van der Waals surface area contributed by atoms with Crippen LogP contribution in [0, 0.1) is 5.41 Å². The van der Waals surface area contributed by atoms with E-state index in [-0.39, 0.29) is 4.90 Å². The average Bonchev–Trinajstić information content (AvgIpc) is 2.66. The molecule has 1 aliphatic heterocycles. The lowest BCUT2D eigenvalue weighted by Crippen LogP contribution is -2.49. The molecule has 1 aliphatic rings. The van der Waals surface area contributed by atoms with E-state index in [0.29, 0.717) is 13.0 Å². The lowest BCUT2D eigenvalue weighted by atomic mass is 9.85. The highest BCUT2D eigenvalue weighted by molar-refractivity contribution is 9.10. The van der Waals surface area contributed by atoms with Crippen LogP contribution in [-0.4, -0.2) is 31.2 Å². The number of carbonyl (C=O) groups is 1. The number of nitrogens with zero attached hydrogens (tertiary/aromatic N) is 1. The van der Waals surface area contributed by atoms with Crippen molar-refractivity contribution in [2.75, 3.05) is 6.54 Å². The monoisotopic (exact) mass is 360 g/mol. The van der Waals surface area contributed by atoms with Gasteiger partial charge >= 0.3 is 0 Å². The van der Waals surface area contributed by atoms with E-state index in [1.54, 1.807) is 12.1 Å². The summed E-state index contributed by atoms with van der Waals surface area (Å²) in [5.41, 5.74) is 4.96. The molecule has 1 amide bonds. The minimum Gasteiger partial charge on any atom is -0.368 e. The van der Waals surface area contributed by atoms with Crippen molar-refractivity contribution in [3.05, 3.63) is 28.7 Å². The summed E-state index contributed by atoms with van der Waals surface area (Å²) in [5, 5.41) is 0. The smallest absolute Gasteiger partial charge is 0.243 e. The number of benzene rings is 1. The molecule has 1 fully saturated rings. The highest BCUT2D eigenvalue weighted by Gasteiger charge is 2.49.